The number of likely N-dealkylation sites (tertiary alicyclic amines) is 1. The van der Waals surface area contributed by atoms with Gasteiger partial charge in [-0.1, -0.05) is 17.7 Å². The second-order valence-electron chi connectivity index (χ2n) is 5.84. The Morgan fingerprint density at radius 1 is 1.32 bits per heavy atom. The van der Waals surface area contributed by atoms with Crippen LogP contribution in [0.3, 0.4) is 0 Å². The molecule has 1 fully saturated rings. The number of rotatable bonds is 4. The summed E-state index contributed by atoms with van der Waals surface area (Å²) in [6.45, 7) is 4.56. The first-order valence-corrected chi connectivity index (χ1v) is 7.33. The number of nitrogens with zero attached hydrogens (tertiary/aromatic N) is 2. The summed E-state index contributed by atoms with van der Waals surface area (Å²) in [6.07, 6.45) is 2.59. The Labute approximate surface area is 121 Å². The van der Waals surface area contributed by atoms with Crippen molar-refractivity contribution in [2.45, 2.75) is 19.4 Å². The lowest BCUT2D eigenvalue weighted by Crippen LogP contribution is -2.36. The molecule has 1 aliphatic rings. The highest BCUT2D eigenvalue weighted by atomic mass is 35.5. The van der Waals surface area contributed by atoms with Crippen LogP contribution in [-0.2, 0) is 6.54 Å². The number of halogens is 1. The van der Waals surface area contributed by atoms with Crippen LogP contribution in [0, 0.1) is 5.92 Å². The van der Waals surface area contributed by atoms with E-state index in [1.54, 1.807) is 0 Å². The van der Waals surface area contributed by atoms with Crippen molar-refractivity contribution in [1.82, 2.24) is 9.80 Å². The maximum atomic E-state index is 5.95. The van der Waals surface area contributed by atoms with Crippen molar-refractivity contribution < 1.29 is 0 Å². The van der Waals surface area contributed by atoms with Crippen molar-refractivity contribution in [3.63, 3.8) is 0 Å². The van der Waals surface area contributed by atoms with Crippen molar-refractivity contribution in [2.24, 2.45) is 5.92 Å². The lowest BCUT2D eigenvalue weighted by Gasteiger charge is -2.33. The monoisotopic (exact) mass is 281 g/mol. The minimum absolute atomic E-state index is 0.647. The van der Waals surface area contributed by atoms with E-state index in [1.807, 2.05) is 12.1 Å². The van der Waals surface area contributed by atoms with Gasteiger partial charge in [-0.3, -0.25) is 4.90 Å². The van der Waals surface area contributed by atoms with E-state index in [4.69, 9.17) is 17.3 Å². The lowest BCUT2D eigenvalue weighted by molar-refractivity contribution is 0.157. The minimum atomic E-state index is 0.647. The summed E-state index contributed by atoms with van der Waals surface area (Å²) in [5, 5.41) is 0.647. The molecule has 0 radical (unpaired) electrons. The number of anilines is 1. The minimum Gasteiger partial charge on any atom is -0.398 e. The molecule has 1 aromatic carbocycles. The highest BCUT2D eigenvalue weighted by Crippen LogP contribution is 2.23. The second kappa shape index (κ2) is 6.60. The van der Waals surface area contributed by atoms with E-state index in [9.17, 15) is 0 Å². The Hall–Kier alpha value is -0.770. The zero-order valence-corrected chi connectivity index (χ0v) is 12.7. The van der Waals surface area contributed by atoms with Gasteiger partial charge in [-0.15, -0.1) is 0 Å². The van der Waals surface area contributed by atoms with Crippen molar-refractivity contribution in [3.8, 4) is 0 Å². The number of benzene rings is 1. The predicted molar refractivity (Wildman–Crippen MR) is 82.4 cm³/mol. The average molecular weight is 282 g/mol. The van der Waals surface area contributed by atoms with Crippen LogP contribution in [0.1, 0.15) is 18.4 Å². The van der Waals surface area contributed by atoms with E-state index < -0.39 is 0 Å². The number of hydrogen-bond donors (Lipinski definition) is 1. The zero-order valence-electron chi connectivity index (χ0n) is 11.9. The number of nitrogens with two attached hydrogens (primary N) is 1. The normalized spacial score (nSPS) is 18.1. The van der Waals surface area contributed by atoms with Gasteiger partial charge in [0.25, 0.3) is 0 Å². The van der Waals surface area contributed by atoms with Crippen LogP contribution in [0.25, 0.3) is 0 Å². The topological polar surface area (TPSA) is 32.5 Å². The average Bonchev–Trinajstić information content (AvgIpc) is 2.36. The van der Waals surface area contributed by atoms with E-state index in [-0.39, 0.29) is 0 Å². The maximum absolute atomic E-state index is 5.95. The van der Waals surface area contributed by atoms with E-state index in [0.29, 0.717) is 10.7 Å². The molecule has 2 N–H and O–H groups in total. The molecular formula is C15H24ClN3. The van der Waals surface area contributed by atoms with Gasteiger partial charge in [-0.2, -0.15) is 0 Å². The first-order valence-electron chi connectivity index (χ1n) is 6.95. The van der Waals surface area contributed by atoms with Crippen molar-refractivity contribution >= 4 is 17.3 Å². The Kier molecular flexibility index (Phi) is 5.08. The maximum Gasteiger partial charge on any atom is 0.0635 e. The van der Waals surface area contributed by atoms with E-state index in [1.165, 1.54) is 38.0 Å². The third-order valence-electron chi connectivity index (χ3n) is 3.80. The third-order valence-corrected chi connectivity index (χ3v) is 4.14. The van der Waals surface area contributed by atoms with Gasteiger partial charge in [-0.05, 0) is 63.6 Å². The summed E-state index contributed by atoms with van der Waals surface area (Å²) in [4.78, 5) is 4.80. The van der Waals surface area contributed by atoms with Gasteiger partial charge in [0.05, 0.1) is 10.7 Å². The van der Waals surface area contributed by atoms with Gasteiger partial charge in [-0.25, -0.2) is 0 Å². The van der Waals surface area contributed by atoms with Gasteiger partial charge in [0, 0.05) is 13.1 Å². The molecule has 0 aromatic heterocycles. The quantitative estimate of drug-likeness (QED) is 0.862. The van der Waals surface area contributed by atoms with Gasteiger partial charge < -0.3 is 10.6 Å². The van der Waals surface area contributed by atoms with Gasteiger partial charge in [0.15, 0.2) is 0 Å². The predicted octanol–water partition coefficient (Wildman–Crippen LogP) is 2.70. The Bertz CT molecular complexity index is 412. The molecule has 1 saturated heterocycles. The molecule has 19 heavy (non-hydrogen) atoms. The third kappa shape index (κ3) is 4.37. The number of piperidine rings is 1. The fourth-order valence-corrected chi connectivity index (χ4v) is 2.91. The molecule has 0 atom stereocenters. The van der Waals surface area contributed by atoms with Crippen molar-refractivity contribution in [1.29, 1.82) is 0 Å². The smallest absolute Gasteiger partial charge is 0.0635 e. The largest absolute Gasteiger partial charge is 0.398 e. The van der Waals surface area contributed by atoms with E-state index in [2.05, 4.69) is 30.0 Å². The molecule has 2 rings (SSSR count). The molecule has 0 spiro atoms. The summed E-state index contributed by atoms with van der Waals surface area (Å²) in [6, 6.07) is 5.96. The van der Waals surface area contributed by atoms with E-state index in [0.717, 1.165) is 12.5 Å². The summed E-state index contributed by atoms with van der Waals surface area (Å²) in [7, 11) is 4.31. The molecule has 0 amide bonds. The van der Waals surface area contributed by atoms with E-state index >= 15 is 0 Å². The highest BCUT2D eigenvalue weighted by Gasteiger charge is 2.19. The number of nitrogen functional groups attached to an aromatic ring is 1. The van der Waals surface area contributed by atoms with Crippen molar-refractivity contribution in [2.75, 3.05) is 39.5 Å². The van der Waals surface area contributed by atoms with Crippen LogP contribution in [-0.4, -0.2) is 43.5 Å². The lowest BCUT2D eigenvalue weighted by atomic mass is 9.96. The van der Waals surface area contributed by atoms with Crippen LogP contribution >= 0.6 is 11.6 Å². The molecular weight excluding hydrogens is 258 g/mol. The van der Waals surface area contributed by atoms with Gasteiger partial charge in [0.2, 0.25) is 0 Å². The summed E-state index contributed by atoms with van der Waals surface area (Å²) >= 11 is 5.95. The Morgan fingerprint density at radius 2 is 2.00 bits per heavy atom. The molecule has 0 saturated carbocycles. The van der Waals surface area contributed by atoms with Crippen molar-refractivity contribution in [3.05, 3.63) is 28.8 Å². The molecule has 0 unspecified atom stereocenters. The second-order valence-corrected chi connectivity index (χ2v) is 6.24. The first-order chi connectivity index (χ1) is 9.04. The van der Waals surface area contributed by atoms with Crippen LogP contribution in [0.2, 0.25) is 5.02 Å². The molecule has 3 nitrogen and oxygen atoms in total. The number of hydrogen-bond acceptors (Lipinski definition) is 3. The van der Waals surface area contributed by atoms with Gasteiger partial charge >= 0.3 is 0 Å². The zero-order chi connectivity index (χ0) is 13.8. The highest BCUT2D eigenvalue weighted by molar-refractivity contribution is 6.33. The molecule has 1 aromatic rings. The molecule has 0 aliphatic carbocycles. The molecule has 106 valence electrons. The fourth-order valence-electron chi connectivity index (χ4n) is 2.79. The summed E-state index contributed by atoms with van der Waals surface area (Å²) in [5.74, 6) is 0.849. The Morgan fingerprint density at radius 3 is 2.58 bits per heavy atom. The van der Waals surface area contributed by atoms with Gasteiger partial charge in [0.1, 0.15) is 0 Å². The molecule has 1 heterocycles. The summed E-state index contributed by atoms with van der Waals surface area (Å²) in [5.41, 5.74) is 7.79. The molecule has 4 heteroatoms. The van der Waals surface area contributed by atoms with Crippen LogP contribution < -0.4 is 5.73 Å². The standard InChI is InChI=1S/C15H24ClN3/c1-18(2)10-12-5-7-19(8-6-12)11-13-3-4-14(16)15(17)9-13/h3-4,9,12H,5-8,10-11,17H2,1-2H3. The Balaban J connectivity index is 1.83. The fraction of sp³-hybridized carbons (Fsp3) is 0.600. The molecule has 1 aliphatic heterocycles. The van der Waals surface area contributed by atoms with Crippen LogP contribution in [0.15, 0.2) is 18.2 Å². The molecule has 0 bridgehead atoms. The van der Waals surface area contributed by atoms with Crippen LogP contribution in [0.5, 0.6) is 0 Å². The summed E-state index contributed by atoms with van der Waals surface area (Å²) < 4.78 is 0. The van der Waals surface area contributed by atoms with Crippen LogP contribution in [0.4, 0.5) is 5.69 Å². The first kappa shape index (κ1) is 14.6. The SMILES string of the molecule is CN(C)CC1CCN(Cc2ccc(Cl)c(N)c2)CC1.